The summed E-state index contributed by atoms with van der Waals surface area (Å²) in [5.74, 6) is -0.929. The normalized spacial score (nSPS) is 10.4. The number of thiocarbonyl (C=S) groups is 1. The quantitative estimate of drug-likeness (QED) is 0.821. The summed E-state index contributed by atoms with van der Waals surface area (Å²) in [6, 6.07) is 7.45. The SMILES string of the molecule is Cc1cc(C)c(NC(=S)NCc2cc(F)ccc2F)cc1C. The van der Waals surface area contributed by atoms with Crippen molar-refractivity contribution in [3.63, 3.8) is 0 Å². The molecule has 116 valence electrons. The second-order valence-corrected chi connectivity index (χ2v) is 5.70. The van der Waals surface area contributed by atoms with Gasteiger partial charge in [-0.15, -0.1) is 0 Å². The predicted octanol–water partition coefficient (Wildman–Crippen LogP) is 4.38. The summed E-state index contributed by atoms with van der Waals surface area (Å²) in [7, 11) is 0. The van der Waals surface area contributed by atoms with Crippen molar-refractivity contribution in [2.75, 3.05) is 5.32 Å². The number of rotatable bonds is 3. The molecule has 0 atom stereocenters. The highest BCUT2D eigenvalue weighted by molar-refractivity contribution is 7.80. The maximum atomic E-state index is 13.5. The molecule has 0 radical (unpaired) electrons. The van der Waals surface area contributed by atoms with Crippen molar-refractivity contribution in [1.82, 2.24) is 5.32 Å². The van der Waals surface area contributed by atoms with E-state index in [0.29, 0.717) is 5.11 Å². The number of aryl methyl sites for hydroxylation is 3. The predicted molar refractivity (Wildman–Crippen MR) is 90.1 cm³/mol. The third-order valence-corrected chi connectivity index (χ3v) is 3.78. The average molecular weight is 320 g/mol. The van der Waals surface area contributed by atoms with Gasteiger partial charge in [0.05, 0.1) is 0 Å². The van der Waals surface area contributed by atoms with E-state index in [1.807, 2.05) is 19.9 Å². The first-order chi connectivity index (χ1) is 10.4. The Morgan fingerprint density at radius 3 is 2.41 bits per heavy atom. The lowest BCUT2D eigenvalue weighted by atomic mass is 10.1. The van der Waals surface area contributed by atoms with Crippen molar-refractivity contribution < 1.29 is 8.78 Å². The number of benzene rings is 2. The molecule has 2 rings (SSSR count). The molecule has 0 saturated carbocycles. The number of hydrogen-bond donors (Lipinski definition) is 2. The molecule has 0 amide bonds. The van der Waals surface area contributed by atoms with Gasteiger partial charge in [0.2, 0.25) is 0 Å². The van der Waals surface area contributed by atoms with Crippen LogP contribution in [-0.2, 0) is 6.54 Å². The Morgan fingerprint density at radius 2 is 1.68 bits per heavy atom. The Bertz CT molecular complexity index is 714. The number of anilines is 1. The molecule has 0 unspecified atom stereocenters. The number of hydrogen-bond acceptors (Lipinski definition) is 1. The van der Waals surface area contributed by atoms with Crippen LogP contribution < -0.4 is 10.6 Å². The summed E-state index contributed by atoms with van der Waals surface area (Å²) >= 11 is 5.21. The summed E-state index contributed by atoms with van der Waals surface area (Å²) in [6.07, 6.45) is 0. The summed E-state index contributed by atoms with van der Waals surface area (Å²) in [4.78, 5) is 0. The third-order valence-electron chi connectivity index (χ3n) is 3.54. The molecule has 0 heterocycles. The molecule has 0 spiro atoms. The molecule has 0 aliphatic rings. The van der Waals surface area contributed by atoms with Gasteiger partial charge >= 0.3 is 0 Å². The molecule has 0 fully saturated rings. The average Bonchev–Trinajstić information content (AvgIpc) is 2.45. The Balaban J connectivity index is 2.02. The minimum Gasteiger partial charge on any atom is -0.358 e. The minimum atomic E-state index is -0.470. The van der Waals surface area contributed by atoms with E-state index in [9.17, 15) is 8.78 Å². The lowest BCUT2D eigenvalue weighted by Crippen LogP contribution is -2.28. The standard InChI is InChI=1S/C17H18F2N2S/c1-10-6-12(3)16(7-11(10)2)21-17(22)20-9-13-8-14(18)4-5-15(13)19/h4-8H,9H2,1-3H3,(H2,20,21,22). The lowest BCUT2D eigenvalue weighted by Gasteiger charge is -2.14. The highest BCUT2D eigenvalue weighted by Gasteiger charge is 2.07. The van der Waals surface area contributed by atoms with Gasteiger partial charge in [0.1, 0.15) is 11.6 Å². The molecule has 0 aliphatic carbocycles. The molecule has 0 saturated heterocycles. The van der Waals surface area contributed by atoms with E-state index < -0.39 is 11.6 Å². The minimum absolute atomic E-state index is 0.124. The van der Waals surface area contributed by atoms with Crippen LogP contribution >= 0.6 is 12.2 Å². The molecule has 2 nitrogen and oxygen atoms in total. The Hall–Kier alpha value is -2.01. The smallest absolute Gasteiger partial charge is 0.171 e. The first kappa shape index (κ1) is 16.4. The molecule has 22 heavy (non-hydrogen) atoms. The summed E-state index contributed by atoms with van der Waals surface area (Å²) in [5, 5.41) is 6.35. The summed E-state index contributed by atoms with van der Waals surface area (Å²) in [6.45, 7) is 6.19. The number of nitrogens with one attached hydrogen (secondary N) is 2. The van der Waals surface area contributed by atoms with Gasteiger partial charge in [-0.3, -0.25) is 0 Å². The molecule has 2 N–H and O–H groups in total. The van der Waals surface area contributed by atoms with Crippen LogP contribution in [-0.4, -0.2) is 5.11 Å². The van der Waals surface area contributed by atoms with E-state index in [4.69, 9.17) is 12.2 Å². The fourth-order valence-corrected chi connectivity index (χ4v) is 2.30. The Labute approximate surface area is 134 Å². The van der Waals surface area contributed by atoms with E-state index in [-0.39, 0.29) is 12.1 Å². The van der Waals surface area contributed by atoms with Crippen molar-refractivity contribution in [2.24, 2.45) is 0 Å². The molecule has 5 heteroatoms. The van der Waals surface area contributed by atoms with Crippen LogP contribution in [0.25, 0.3) is 0 Å². The van der Waals surface area contributed by atoms with Crippen LogP contribution in [0.4, 0.5) is 14.5 Å². The maximum Gasteiger partial charge on any atom is 0.171 e. The van der Waals surface area contributed by atoms with Crippen LogP contribution in [0, 0.1) is 32.4 Å². The topological polar surface area (TPSA) is 24.1 Å². The van der Waals surface area contributed by atoms with Crippen LogP contribution in [0.1, 0.15) is 22.3 Å². The van der Waals surface area contributed by atoms with Crippen molar-refractivity contribution in [3.05, 3.63) is 64.2 Å². The van der Waals surface area contributed by atoms with E-state index >= 15 is 0 Å². The zero-order valence-electron chi connectivity index (χ0n) is 12.8. The molecule has 0 bridgehead atoms. The van der Waals surface area contributed by atoms with Crippen molar-refractivity contribution in [1.29, 1.82) is 0 Å². The Morgan fingerprint density at radius 1 is 1.00 bits per heavy atom. The zero-order chi connectivity index (χ0) is 16.3. The van der Waals surface area contributed by atoms with Gasteiger partial charge in [0.25, 0.3) is 0 Å². The lowest BCUT2D eigenvalue weighted by molar-refractivity contribution is 0.582. The molecule has 0 aromatic heterocycles. The Kier molecular flexibility index (Phi) is 5.08. The number of halogens is 2. The van der Waals surface area contributed by atoms with Gasteiger partial charge in [-0.1, -0.05) is 6.07 Å². The highest BCUT2D eigenvalue weighted by atomic mass is 32.1. The highest BCUT2D eigenvalue weighted by Crippen LogP contribution is 2.20. The van der Waals surface area contributed by atoms with Gasteiger partial charge in [0.15, 0.2) is 5.11 Å². The van der Waals surface area contributed by atoms with Gasteiger partial charge < -0.3 is 10.6 Å². The van der Waals surface area contributed by atoms with Crippen LogP contribution in [0.15, 0.2) is 30.3 Å². The maximum absolute atomic E-state index is 13.5. The zero-order valence-corrected chi connectivity index (χ0v) is 13.6. The van der Waals surface area contributed by atoms with Crippen LogP contribution in [0.3, 0.4) is 0 Å². The van der Waals surface area contributed by atoms with Gasteiger partial charge in [-0.25, -0.2) is 8.78 Å². The van der Waals surface area contributed by atoms with Gasteiger partial charge in [-0.2, -0.15) is 0 Å². The van der Waals surface area contributed by atoms with E-state index in [0.717, 1.165) is 35.0 Å². The van der Waals surface area contributed by atoms with Crippen LogP contribution in [0.2, 0.25) is 0 Å². The fourth-order valence-electron chi connectivity index (χ4n) is 2.12. The first-order valence-corrected chi connectivity index (χ1v) is 7.34. The molecular formula is C17H18F2N2S. The first-order valence-electron chi connectivity index (χ1n) is 6.93. The monoisotopic (exact) mass is 320 g/mol. The summed E-state index contributed by atoms with van der Waals surface area (Å²) in [5.41, 5.74) is 4.58. The van der Waals surface area contributed by atoms with E-state index in [1.165, 1.54) is 5.56 Å². The van der Waals surface area contributed by atoms with Crippen molar-refractivity contribution in [2.45, 2.75) is 27.3 Å². The van der Waals surface area contributed by atoms with Crippen molar-refractivity contribution in [3.8, 4) is 0 Å². The van der Waals surface area contributed by atoms with Crippen molar-refractivity contribution >= 4 is 23.0 Å². The van der Waals surface area contributed by atoms with Gasteiger partial charge in [-0.05, 0) is 73.9 Å². The largest absolute Gasteiger partial charge is 0.358 e. The molecule has 0 aliphatic heterocycles. The summed E-state index contributed by atoms with van der Waals surface area (Å²) < 4.78 is 26.6. The third kappa shape index (κ3) is 4.01. The van der Waals surface area contributed by atoms with Gasteiger partial charge in [0, 0.05) is 17.8 Å². The molecular weight excluding hydrogens is 302 g/mol. The second-order valence-electron chi connectivity index (χ2n) is 5.29. The molecule has 2 aromatic carbocycles. The fraction of sp³-hybridized carbons (Fsp3) is 0.235. The van der Waals surface area contributed by atoms with E-state index in [2.05, 4.69) is 23.6 Å². The second kappa shape index (κ2) is 6.83. The molecule has 2 aromatic rings. The van der Waals surface area contributed by atoms with Crippen LogP contribution in [0.5, 0.6) is 0 Å². The van der Waals surface area contributed by atoms with E-state index in [1.54, 1.807) is 0 Å².